The first kappa shape index (κ1) is 20.0. The van der Waals surface area contributed by atoms with Crippen LogP contribution < -0.4 is 0 Å². The maximum atomic E-state index is 10.1. The number of fused-ring (bicyclic) bond motifs is 3. The Balaban J connectivity index is 0.00000210. The van der Waals surface area contributed by atoms with Crippen molar-refractivity contribution in [3.63, 3.8) is 0 Å². The fraction of sp³-hybridized carbons (Fsp3) is 0.455. The molecular weight excluding hydrogens is 406 g/mol. The average molecular weight is 434 g/mol. The number of nitrogens with zero attached hydrogens (tertiary/aromatic N) is 1. The third kappa shape index (κ3) is 3.81. The molecule has 1 aliphatic carbocycles. The fourth-order valence-corrected chi connectivity index (χ4v) is 4.96. The van der Waals surface area contributed by atoms with Crippen molar-refractivity contribution in [2.24, 2.45) is 0 Å². The van der Waals surface area contributed by atoms with Gasteiger partial charge in [-0.3, -0.25) is 4.90 Å². The number of phenols is 3. The maximum absolute atomic E-state index is 10.1. The number of piperidine rings is 1. The summed E-state index contributed by atoms with van der Waals surface area (Å²) in [5.74, 6) is 1.04. The lowest BCUT2D eigenvalue weighted by atomic mass is 9.70. The van der Waals surface area contributed by atoms with Gasteiger partial charge >= 0.3 is 0 Å². The molecule has 4 nitrogen and oxygen atoms in total. The van der Waals surface area contributed by atoms with Crippen LogP contribution in [0, 0.1) is 0 Å². The molecule has 0 saturated carbocycles. The van der Waals surface area contributed by atoms with Gasteiger partial charge in [0.2, 0.25) is 0 Å². The Bertz CT molecular complexity index is 793. The zero-order valence-electron chi connectivity index (χ0n) is 15.6. The molecule has 1 aliphatic heterocycles. The van der Waals surface area contributed by atoms with E-state index in [4.69, 9.17) is 0 Å². The predicted octanol–water partition coefficient (Wildman–Crippen LogP) is 4.68. The largest absolute Gasteiger partial charge is 0.508 e. The number of aryl methyl sites for hydroxylation is 1. The van der Waals surface area contributed by atoms with E-state index in [9.17, 15) is 15.3 Å². The molecule has 2 aliphatic rings. The quantitative estimate of drug-likeness (QED) is 0.614. The molecule has 2 aromatic carbocycles. The van der Waals surface area contributed by atoms with Gasteiger partial charge < -0.3 is 15.3 Å². The number of halogens is 1. The summed E-state index contributed by atoms with van der Waals surface area (Å²) in [5.41, 5.74) is 3.63. The van der Waals surface area contributed by atoms with E-state index in [2.05, 4.69) is 11.8 Å². The van der Waals surface area contributed by atoms with E-state index in [1.807, 2.05) is 12.1 Å². The number of benzene rings is 2. The summed E-state index contributed by atoms with van der Waals surface area (Å²) < 4.78 is 0. The van der Waals surface area contributed by atoms with Crippen molar-refractivity contribution in [3.05, 3.63) is 53.1 Å². The van der Waals surface area contributed by atoms with Gasteiger partial charge in [-0.1, -0.05) is 19.1 Å². The zero-order chi connectivity index (χ0) is 18.3. The van der Waals surface area contributed by atoms with Crippen molar-refractivity contribution in [3.8, 4) is 17.2 Å². The van der Waals surface area contributed by atoms with Crippen molar-refractivity contribution in [1.82, 2.24) is 4.90 Å². The number of phenolic OH excluding ortho intramolecular Hbond substituents is 3. The lowest BCUT2D eigenvalue weighted by Crippen LogP contribution is -2.49. The zero-order valence-corrected chi connectivity index (χ0v) is 17.3. The molecule has 4 rings (SSSR count). The first-order valence-electron chi connectivity index (χ1n) is 9.64. The van der Waals surface area contributed by atoms with Crippen molar-refractivity contribution < 1.29 is 15.3 Å². The Morgan fingerprint density at radius 3 is 2.44 bits per heavy atom. The van der Waals surface area contributed by atoms with Crippen LogP contribution >= 0.6 is 17.0 Å². The van der Waals surface area contributed by atoms with E-state index in [0.29, 0.717) is 23.6 Å². The van der Waals surface area contributed by atoms with E-state index in [0.717, 1.165) is 38.8 Å². The Labute approximate surface area is 171 Å². The highest BCUT2D eigenvalue weighted by Crippen LogP contribution is 2.47. The van der Waals surface area contributed by atoms with Crippen LogP contribution in [0.5, 0.6) is 17.2 Å². The Hall–Kier alpha value is -1.72. The molecule has 27 heavy (non-hydrogen) atoms. The summed E-state index contributed by atoms with van der Waals surface area (Å²) in [6.07, 6.45) is 4.21. The van der Waals surface area contributed by atoms with E-state index in [1.165, 1.54) is 16.7 Å². The number of hydrogen-bond acceptors (Lipinski definition) is 4. The van der Waals surface area contributed by atoms with Crippen LogP contribution in [0.3, 0.4) is 0 Å². The monoisotopic (exact) mass is 433 g/mol. The standard InChI is InChI=1S/C22H27NO3.BrH/c1-2-9-23-13-16(14-3-6-17(24)7-4-14)10-19-18-12-22(26)21(25)11-15(18)5-8-20(19)23;/h3-4,6-7,11-12,16,19-20,24-26H,2,5,8-10,13H2,1H3;1H/t16-,19-,20-;/m1./s1. The van der Waals surface area contributed by atoms with Crippen molar-refractivity contribution in [2.75, 3.05) is 13.1 Å². The minimum Gasteiger partial charge on any atom is -0.508 e. The normalized spacial score (nSPS) is 24.6. The highest BCUT2D eigenvalue weighted by Gasteiger charge is 2.40. The van der Waals surface area contributed by atoms with Gasteiger partial charge in [0, 0.05) is 18.5 Å². The maximum Gasteiger partial charge on any atom is 0.157 e. The van der Waals surface area contributed by atoms with Gasteiger partial charge in [-0.25, -0.2) is 0 Å². The van der Waals surface area contributed by atoms with E-state index in [-0.39, 0.29) is 28.5 Å². The lowest BCUT2D eigenvalue weighted by molar-refractivity contribution is 0.0979. The van der Waals surface area contributed by atoms with Gasteiger partial charge in [0.05, 0.1) is 0 Å². The predicted molar refractivity (Wildman–Crippen MR) is 112 cm³/mol. The molecule has 2 aromatic rings. The summed E-state index contributed by atoms with van der Waals surface area (Å²) in [4.78, 5) is 2.61. The summed E-state index contributed by atoms with van der Waals surface area (Å²) >= 11 is 0. The van der Waals surface area contributed by atoms with Crippen molar-refractivity contribution in [2.45, 2.75) is 50.5 Å². The summed E-state index contributed by atoms with van der Waals surface area (Å²) in [7, 11) is 0. The third-order valence-corrected chi connectivity index (χ3v) is 6.15. The molecule has 0 unspecified atom stereocenters. The molecule has 3 N–H and O–H groups in total. The van der Waals surface area contributed by atoms with Crippen LogP contribution in [0.15, 0.2) is 36.4 Å². The highest BCUT2D eigenvalue weighted by atomic mass is 79.9. The molecule has 5 heteroatoms. The molecule has 0 bridgehead atoms. The van der Waals surface area contributed by atoms with Crippen LogP contribution in [0.2, 0.25) is 0 Å². The third-order valence-electron chi connectivity index (χ3n) is 6.15. The smallest absolute Gasteiger partial charge is 0.157 e. The second kappa shape index (κ2) is 8.11. The molecule has 1 heterocycles. The van der Waals surface area contributed by atoms with Gasteiger partial charge in [-0.15, -0.1) is 17.0 Å². The van der Waals surface area contributed by atoms with Gasteiger partial charge in [-0.05, 0) is 79.1 Å². The summed E-state index contributed by atoms with van der Waals surface area (Å²) in [5, 5.41) is 29.5. The molecule has 0 spiro atoms. The van der Waals surface area contributed by atoms with Gasteiger partial charge in [0.1, 0.15) is 5.75 Å². The van der Waals surface area contributed by atoms with Crippen molar-refractivity contribution >= 4 is 17.0 Å². The minimum absolute atomic E-state index is 0. The first-order valence-corrected chi connectivity index (χ1v) is 9.64. The molecular formula is C22H28BrNO3. The summed E-state index contributed by atoms with van der Waals surface area (Å²) in [6, 6.07) is 11.6. The van der Waals surface area contributed by atoms with Crippen LogP contribution in [0.1, 0.15) is 54.7 Å². The average Bonchev–Trinajstić information content (AvgIpc) is 2.63. The van der Waals surface area contributed by atoms with Crippen LogP contribution in [0.4, 0.5) is 0 Å². The highest BCUT2D eigenvalue weighted by molar-refractivity contribution is 8.93. The second-order valence-electron chi connectivity index (χ2n) is 7.77. The number of hydrogen-bond donors (Lipinski definition) is 3. The minimum atomic E-state index is -0.0156. The van der Waals surface area contributed by atoms with Gasteiger partial charge in [0.15, 0.2) is 11.5 Å². The van der Waals surface area contributed by atoms with E-state index < -0.39 is 0 Å². The Morgan fingerprint density at radius 1 is 1.04 bits per heavy atom. The molecule has 3 atom stereocenters. The molecule has 1 fully saturated rings. The van der Waals surface area contributed by atoms with E-state index in [1.54, 1.807) is 24.3 Å². The SMILES string of the molecule is Br.CCCN1C[C@H](c2ccc(O)cc2)C[C@@H]2c3cc(O)c(O)cc3CC[C@H]21. The number of aromatic hydroxyl groups is 3. The van der Waals surface area contributed by atoms with Crippen LogP contribution in [0.25, 0.3) is 0 Å². The topological polar surface area (TPSA) is 63.9 Å². The fourth-order valence-electron chi connectivity index (χ4n) is 4.96. The van der Waals surface area contributed by atoms with Gasteiger partial charge in [0.25, 0.3) is 0 Å². The van der Waals surface area contributed by atoms with E-state index >= 15 is 0 Å². The molecule has 1 saturated heterocycles. The van der Waals surface area contributed by atoms with Gasteiger partial charge in [-0.2, -0.15) is 0 Å². The second-order valence-corrected chi connectivity index (χ2v) is 7.77. The Kier molecular flexibility index (Phi) is 6.02. The molecule has 146 valence electrons. The van der Waals surface area contributed by atoms with Crippen LogP contribution in [-0.2, 0) is 6.42 Å². The summed E-state index contributed by atoms with van der Waals surface area (Å²) in [6.45, 7) is 4.34. The molecule has 0 amide bonds. The van der Waals surface area contributed by atoms with Crippen molar-refractivity contribution in [1.29, 1.82) is 0 Å². The number of rotatable bonds is 3. The Morgan fingerprint density at radius 2 is 1.74 bits per heavy atom. The number of likely N-dealkylation sites (tertiary alicyclic amines) is 1. The molecule has 0 radical (unpaired) electrons. The lowest BCUT2D eigenvalue weighted by Gasteiger charge is -2.48. The van der Waals surface area contributed by atoms with Crippen LogP contribution in [-0.4, -0.2) is 39.4 Å². The first-order chi connectivity index (χ1) is 12.6. The molecule has 0 aromatic heterocycles.